The quantitative estimate of drug-likeness (QED) is 0.430. The summed E-state index contributed by atoms with van der Waals surface area (Å²) < 4.78 is 7.11. The Hall–Kier alpha value is -1.57. The maximum Gasteiger partial charge on any atom is 0.262 e. The molecule has 2 rings (SSSR count). The maximum atomic E-state index is 12.8. The molecule has 0 spiro atoms. The number of amides is 1. The molecule has 1 amide bonds. The van der Waals surface area contributed by atoms with Gasteiger partial charge in [0.2, 0.25) is 5.91 Å². The molecule has 0 bridgehead atoms. The van der Waals surface area contributed by atoms with Crippen LogP contribution < -0.4 is 11.3 Å². The molecule has 1 unspecified atom stereocenters. The minimum atomic E-state index is -0.498. The van der Waals surface area contributed by atoms with Crippen molar-refractivity contribution in [3.63, 3.8) is 0 Å². The highest BCUT2D eigenvalue weighted by Crippen LogP contribution is 2.23. The zero-order valence-corrected chi connectivity index (χ0v) is 16.1. The van der Waals surface area contributed by atoms with Crippen molar-refractivity contribution in [2.75, 3.05) is 6.61 Å². The van der Waals surface area contributed by atoms with E-state index in [2.05, 4.69) is 4.98 Å². The van der Waals surface area contributed by atoms with Gasteiger partial charge >= 0.3 is 0 Å². The van der Waals surface area contributed by atoms with E-state index >= 15 is 0 Å². The van der Waals surface area contributed by atoms with E-state index in [0.717, 1.165) is 0 Å². The van der Waals surface area contributed by atoms with Gasteiger partial charge in [0.15, 0.2) is 5.16 Å². The number of nitrogens with zero attached hydrogens (tertiary/aromatic N) is 2. The SMILES string of the molecule is CC(C)OCCCn1c(SC(C)C(N)=O)nc2cc(Cl)ccc2c1=O. The molecule has 1 aromatic carbocycles. The minimum absolute atomic E-state index is 0.136. The third kappa shape index (κ3) is 5.20. The first kappa shape index (κ1) is 19.8. The maximum absolute atomic E-state index is 12.8. The molecule has 0 saturated heterocycles. The molecule has 1 heterocycles. The van der Waals surface area contributed by atoms with Crippen molar-refractivity contribution in [1.82, 2.24) is 9.55 Å². The molecule has 0 fully saturated rings. The summed E-state index contributed by atoms with van der Waals surface area (Å²) in [4.78, 5) is 28.8. The van der Waals surface area contributed by atoms with Crippen LogP contribution in [0, 0.1) is 0 Å². The van der Waals surface area contributed by atoms with Gasteiger partial charge in [0.05, 0.1) is 22.3 Å². The van der Waals surface area contributed by atoms with Gasteiger partial charge in [0.1, 0.15) is 0 Å². The predicted octanol–water partition coefficient (Wildman–Crippen LogP) is 2.83. The lowest BCUT2D eigenvalue weighted by Crippen LogP contribution is -2.27. The number of rotatable bonds is 8. The summed E-state index contributed by atoms with van der Waals surface area (Å²) in [7, 11) is 0. The first-order chi connectivity index (χ1) is 11.8. The van der Waals surface area contributed by atoms with Crippen LogP contribution in [0.3, 0.4) is 0 Å². The second-order valence-electron chi connectivity index (χ2n) is 5.95. The minimum Gasteiger partial charge on any atom is -0.379 e. The van der Waals surface area contributed by atoms with Crippen molar-refractivity contribution >= 4 is 40.2 Å². The fraction of sp³-hybridized carbons (Fsp3) is 0.471. The summed E-state index contributed by atoms with van der Waals surface area (Å²) in [6.07, 6.45) is 0.800. The summed E-state index contributed by atoms with van der Waals surface area (Å²) in [5.41, 5.74) is 5.69. The Morgan fingerprint density at radius 3 is 2.76 bits per heavy atom. The molecule has 1 aromatic heterocycles. The van der Waals surface area contributed by atoms with Crippen LogP contribution in [0.1, 0.15) is 27.2 Å². The number of aromatic nitrogens is 2. The molecule has 1 atom stereocenters. The van der Waals surface area contributed by atoms with E-state index in [1.165, 1.54) is 11.8 Å². The standard InChI is InChI=1S/C17H22ClN3O3S/c1-10(2)24-8-4-7-21-16(23)13-6-5-12(18)9-14(13)20-17(21)25-11(3)15(19)22/h5-6,9-11H,4,7-8H2,1-3H3,(H2,19,22). The zero-order valence-electron chi connectivity index (χ0n) is 14.5. The fourth-order valence-electron chi connectivity index (χ4n) is 2.22. The van der Waals surface area contributed by atoms with Gasteiger partial charge in [-0.25, -0.2) is 4.98 Å². The lowest BCUT2D eigenvalue weighted by atomic mass is 10.2. The second kappa shape index (κ2) is 8.69. The molecular formula is C17H22ClN3O3S. The Balaban J connectivity index is 2.40. The summed E-state index contributed by atoms with van der Waals surface area (Å²) in [5, 5.41) is 0.948. The first-order valence-corrected chi connectivity index (χ1v) is 9.33. The van der Waals surface area contributed by atoms with E-state index < -0.39 is 11.2 Å². The Bertz CT molecular complexity index is 823. The highest BCUT2D eigenvalue weighted by atomic mass is 35.5. The Morgan fingerprint density at radius 1 is 1.40 bits per heavy atom. The lowest BCUT2D eigenvalue weighted by molar-refractivity contribution is -0.117. The Kier molecular flexibility index (Phi) is 6.87. The van der Waals surface area contributed by atoms with Crippen LogP contribution in [0.5, 0.6) is 0 Å². The third-order valence-corrected chi connectivity index (χ3v) is 4.89. The van der Waals surface area contributed by atoms with Gasteiger partial charge in [0, 0.05) is 18.2 Å². The van der Waals surface area contributed by atoms with Gasteiger partial charge in [-0.2, -0.15) is 0 Å². The van der Waals surface area contributed by atoms with Crippen molar-refractivity contribution in [2.24, 2.45) is 5.73 Å². The largest absolute Gasteiger partial charge is 0.379 e. The normalized spacial score (nSPS) is 12.7. The van der Waals surface area contributed by atoms with Crippen molar-refractivity contribution < 1.29 is 9.53 Å². The molecule has 0 aliphatic heterocycles. The van der Waals surface area contributed by atoms with Crippen LogP contribution in [0.15, 0.2) is 28.2 Å². The number of halogens is 1. The summed E-state index contributed by atoms with van der Waals surface area (Å²) >= 11 is 7.18. The van der Waals surface area contributed by atoms with E-state index in [0.29, 0.717) is 40.7 Å². The van der Waals surface area contributed by atoms with Crippen LogP contribution in [0.4, 0.5) is 0 Å². The van der Waals surface area contributed by atoms with Crippen molar-refractivity contribution in [3.05, 3.63) is 33.6 Å². The zero-order chi connectivity index (χ0) is 18.6. The fourth-order valence-corrected chi connectivity index (χ4v) is 3.27. The summed E-state index contributed by atoms with van der Waals surface area (Å²) in [6, 6.07) is 4.97. The molecule has 6 nitrogen and oxygen atoms in total. The number of ether oxygens (including phenoxy) is 1. The molecule has 25 heavy (non-hydrogen) atoms. The molecular weight excluding hydrogens is 362 g/mol. The molecule has 0 aliphatic carbocycles. The second-order valence-corrected chi connectivity index (χ2v) is 7.69. The predicted molar refractivity (Wildman–Crippen MR) is 101 cm³/mol. The van der Waals surface area contributed by atoms with E-state index in [1.54, 1.807) is 29.7 Å². The van der Waals surface area contributed by atoms with Crippen molar-refractivity contribution in [1.29, 1.82) is 0 Å². The molecule has 136 valence electrons. The van der Waals surface area contributed by atoms with E-state index in [-0.39, 0.29) is 11.7 Å². The van der Waals surface area contributed by atoms with Crippen LogP contribution in [0.2, 0.25) is 5.02 Å². The highest BCUT2D eigenvalue weighted by molar-refractivity contribution is 8.00. The van der Waals surface area contributed by atoms with Crippen LogP contribution in [-0.2, 0) is 16.1 Å². The topological polar surface area (TPSA) is 87.2 Å². The molecule has 0 saturated carbocycles. The van der Waals surface area contributed by atoms with Crippen molar-refractivity contribution in [3.8, 4) is 0 Å². The number of benzene rings is 1. The number of carbonyl (C=O) groups is 1. The van der Waals surface area contributed by atoms with Gasteiger partial charge < -0.3 is 10.5 Å². The molecule has 8 heteroatoms. The van der Waals surface area contributed by atoms with Gasteiger partial charge in [-0.05, 0) is 45.4 Å². The van der Waals surface area contributed by atoms with E-state index in [4.69, 9.17) is 22.1 Å². The number of hydrogen-bond donors (Lipinski definition) is 1. The van der Waals surface area contributed by atoms with Gasteiger partial charge in [0.25, 0.3) is 5.56 Å². The lowest BCUT2D eigenvalue weighted by Gasteiger charge is -2.15. The summed E-state index contributed by atoms with van der Waals surface area (Å²) in [6.45, 7) is 6.60. The average Bonchev–Trinajstić information content (AvgIpc) is 2.53. The van der Waals surface area contributed by atoms with Crippen LogP contribution in [0.25, 0.3) is 10.9 Å². The van der Waals surface area contributed by atoms with Gasteiger partial charge in [-0.3, -0.25) is 14.2 Å². The third-order valence-electron chi connectivity index (χ3n) is 3.54. The number of nitrogens with two attached hydrogens (primary N) is 1. The number of hydrogen-bond acceptors (Lipinski definition) is 5. The highest BCUT2D eigenvalue weighted by Gasteiger charge is 2.17. The summed E-state index contributed by atoms with van der Waals surface area (Å²) in [5.74, 6) is -0.458. The smallest absolute Gasteiger partial charge is 0.262 e. The average molecular weight is 384 g/mol. The number of primary amides is 1. The molecule has 2 N–H and O–H groups in total. The number of fused-ring (bicyclic) bond motifs is 1. The van der Waals surface area contributed by atoms with Gasteiger partial charge in [-0.15, -0.1) is 0 Å². The monoisotopic (exact) mass is 383 g/mol. The molecule has 0 aliphatic rings. The molecule has 2 aromatic rings. The molecule has 0 radical (unpaired) electrons. The van der Waals surface area contributed by atoms with E-state index in [9.17, 15) is 9.59 Å². The van der Waals surface area contributed by atoms with Crippen LogP contribution >= 0.6 is 23.4 Å². The number of thioether (sulfide) groups is 1. The Morgan fingerprint density at radius 2 is 2.12 bits per heavy atom. The van der Waals surface area contributed by atoms with Crippen molar-refractivity contribution in [2.45, 2.75) is 50.2 Å². The van der Waals surface area contributed by atoms with Crippen LogP contribution in [-0.4, -0.2) is 33.4 Å². The van der Waals surface area contributed by atoms with E-state index in [1.807, 2.05) is 13.8 Å². The first-order valence-electron chi connectivity index (χ1n) is 8.07. The number of carbonyl (C=O) groups excluding carboxylic acids is 1. The Labute approximate surface area is 155 Å². The van der Waals surface area contributed by atoms with Gasteiger partial charge in [-0.1, -0.05) is 23.4 Å².